The molecule has 0 aromatic carbocycles. The minimum absolute atomic E-state index is 0.119. The zero-order valence-corrected chi connectivity index (χ0v) is 11.0. The van der Waals surface area contributed by atoms with Crippen molar-refractivity contribution in [3.8, 4) is 0 Å². The molecule has 0 aromatic rings. The van der Waals surface area contributed by atoms with Crippen molar-refractivity contribution in [1.82, 2.24) is 12.3 Å². The van der Waals surface area contributed by atoms with Crippen LogP contribution in [0.1, 0.15) is 0 Å². The molecule has 0 aliphatic rings. The number of rotatable bonds is 4. The lowest BCUT2D eigenvalue weighted by molar-refractivity contribution is 0.632. The van der Waals surface area contributed by atoms with Crippen LogP contribution in [0.5, 0.6) is 0 Å². The van der Waals surface area contributed by atoms with Gasteiger partial charge in [0.2, 0.25) is 0 Å². The quantitative estimate of drug-likeness (QED) is 0.674. The third-order valence-corrected chi connectivity index (χ3v) is 7.54. The first kappa shape index (κ1) is 12.6. The van der Waals surface area contributed by atoms with Gasteiger partial charge in [-0.25, -0.2) is 3.71 Å². The lowest BCUT2D eigenvalue weighted by atomic mass is 11.3. The zero-order valence-electron chi connectivity index (χ0n) is 9.24. The average molecular weight is 213 g/mol. The van der Waals surface area contributed by atoms with E-state index in [9.17, 15) is 0 Å². The highest BCUT2D eigenvalue weighted by molar-refractivity contribution is 8.26. The van der Waals surface area contributed by atoms with E-state index in [1.54, 1.807) is 0 Å². The molecule has 0 amide bonds. The van der Waals surface area contributed by atoms with Gasteiger partial charge in [-0.15, -0.1) is 22.5 Å². The molecule has 0 aliphatic carbocycles. The van der Waals surface area contributed by atoms with Crippen molar-refractivity contribution in [2.45, 2.75) is 0 Å². The maximum Gasteiger partial charge on any atom is 0.00743 e. The van der Waals surface area contributed by atoms with Gasteiger partial charge in [0, 0.05) is 7.05 Å². The maximum absolute atomic E-state index is 2.46. The fraction of sp³-hybridized carbons (Fsp3) is 1.00. The summed E-state index contributed by atoms with van der Waals surface area (Å²) in [7, 11) is 10.8. The summed E-state index contributed by atoms with van der Waals surface area (Å²) in [6, 6.07) is 0. The van der Waals surface area contributed by atoms with Crippen LogP contribution in [0, 0.1) is 0 Å². The van der Waals surface area contributed by atoms with Gasteiger partial charge in [0.25, 0.3) is 0 Å². The van der Waals surface area contributed by atoms with Crippen LogP contribution in [0.3, 0.4) is 0 Å². The molecule has 5 heteroatoms. The van der Waals surface area contributed by atoms with E-state index < -0.39 is 0 Å². The lowest BCUT2D eigenvalue weighted by Gasteiger charge is -2.42. The van der Waals surface area contributed by atoms with E-state index >= 15 is 0 Å². The van der Waals surface area contributed by atoms with Crippen molar-refractivity contribution < 1.29 is 0 Å². The Labute approximate surface area is 82.9 Å². The van der Waals surface area contributed by atoms with Gasteiger partial charge >= 0.3 is 0 Å². The molecule has 78 valence electrons. The van der Waals surface area contributed by atoms with Gasteiger partial charge in [-0.3, -0.25) is 8.61 Å². The van der Waals surface area contributed by atoms with Gasteiger partial charge in [-0.05, 0) is 40.7 Å². The Hall–Kier alpha value is 0.580. The topological polar surface area (TPSA) is 9.72 Å². The van der Waals surface area contributed by atoms with Crippen LogP contribution < -0.4 is 0 Å². The molecule has 0 aliphatic heterocycles. The Balaban J connectivity index is 4.08. The fourth-order valence-corrected chi connectivity index (χ4v) is 4.20. The molecule has 0 saturated heterocycles. The minimum atomic E-state index is -0.119. The molecule has 0 rings (SSSR count). The van der Waals surface area contributed by atoms with E-state index in [2.05, 4.69) is 60.1 Å². The Morgan fingerprint density at radius 2 is 0.917 bits per heavy atom. The molecular weight excluding hydrogens is 190 g/mol. The zero-order chi connectivity index (χ0) is 9.89. The third kappa shape index (κ3) is 3.53. The molecule has 0 heterocycles. The van der Waals surface area contributed by atoms with E-state index in [0.717, 1.165) is 0 Å². The van der Waals surface area contributed by atoms with E-state index in [1.165, 1.54) is 0 Å². The van der Waals surface area contributed by atoms with Crippen molar-refractivity contribution >= 4 is 22.5 Å². The molecule has 0 fully saturated rings. The fourth-order valence-electron chi connectivity index (χ4n) is 0.705. The van der Waals surface area contributed by atoms with Crippen LogP contribution in [-0.2, 0) is 0 Å². The summed E-state index contributed by atoms with van der Waals surface area (Å²) in [6.45, 7) is 0. The maximum atomic E-state index is 2.46. The van der Waals surface area contributed by atoms with Crippen molar-refractivity contribution in [1.29, 1.82) is 0 Å². The lowest BCUT2D eigenvalue weighted by Crippen LogP contribution is -2.25. The third-order valence-electron chi connectivity index (χ3n) is 2.00. The van der Waals surface area contributed by atoms with Crippen LogP contribution >= 0.6 is 22.5 Å². The summed E-state index contributed by atoms with van der Waals surface area (Å²) in [5, 5.41) is 0. The van der Waals surface area contributed by atoms with E-state index in [0.29, 0.717) is 0 Å². The predicted octanol–water partition coefficient (Wildman–Crippen LogP) is 0.963. The van der Waals surface area contributed by atoms with E-state index in [-0.39, 0.29) is 22.5 Å². The molecule has 0 saturated carbocycles. The van der Waals surface area contributed by atoms with Gasteiger partial charge in [0.1, 0.15) is 0 Å². The SMILES string of the molecule is CN(C)[SH](C)N(C)[SH](C)N(C)C. The second-order valence-electron chi connectivity index (χ2n) is 3.16. The molecule has 0 radical (unpaired) electrons. The second-order valence-corrected chi connectivity index (χ2v) is 8.24. The molecule has 12 heavy (non-hydrogen) atoms. The number of hydrogen-bond donors (Lipinski definition) is 2. The standard InChI is InChI=1S/C7H23N3S2/c1-8(2)11(6)10(5)12(7)9(3)4/h11-12H,1-7H3. The normalized spacial score (nSPS) is 20.5. The highest BCUT2D eigenvalue weighted by atomic mass is 32.3. The van der Waals surface area contributed by atoms with Gasteiger partial charge in [-0.1, -0.05) is 0 Å². The molecule has 0 N–H and O–H groups in total. The summed E-state index contributed by atoms with van der Waals surface area (Å²) in [5.41, 5.74) is 0. The number of nitrogens with zero attached hydrogens (tertiary/aromatic N) is 3. The molecule has 0 spiro atoms. The number of thiol groups is 2. The molecule has 0 aromatic heterocycles. The highest BCUT2D eigenvalue weighted by Gasteiger charge is 2.12. The summed E-state index contributed by atoms with van der Waals surface area (Å²) >= 11 is -0.238. The molecule has 2 unspecified atom stereocenters. The minimum Gasteiger partial charge on any atom is -0.264 e. The van der Waals surface area contributed by atoms with Crippen molar-refractivity contribution in [3.63, 3.8) is 0 Å². The number of hydrogen-bond acceptors (Lipinski definition) is 3. The first-order valence-electron chi connectivity index (χ1n) is 3.93. The van der Waals surface area contributed by atoms with Gasteiger partial charge < -0.3 is 0 Å². The Morgan fingerprint density at radius 1 is 0.667 bits per heavy atom. The summed E-state index contributed by atoms with van der Waals surface area (Å²) in [4.78, 5) is 0. The van der Waals surface area contributed by atoms with Gasteiger partial charge in [0.05, 0.1) is 0 Å². The van der Waals surface area contributed by atoms with Crippen LogP contribution in [0.15, 0.2) is 0 Å². The van der Waals surface area contributed by atoms with Crippen LogP contribution in [0.25, 0.3) is 0 Å². The van der Waals surface area contributed by atoms with Gasteiger partial charge in [0.15, 0.2) is 0 Å². The van der Waals surface area contributed by atoms with Crippen molar-refractivity contribution in [2.75, 3.05) is 47.7 Å². The summed E-state index contributed by atoms with van der Waals surface area (Å²) < 4.78 is 7.04. The Morgan fingerprint density at radius 3 is 1.08 bits per heavy atom. The molecule has 2 atom stereocenters. The molecule has 0 bridgehead atoms. The van der Waals surface area contributed by atoms with E-state index in [1.807, 2.05) is 0 Å². The smallest absolute Gasteiger partial charge is 0.00743 e. The van der Waals surface area contributed by atoms with Crippen LogP contribution in [0.2, 0.25) is 0 Å². The Bertz CT molecular complexity index is 116. The monoisotopic (exact) mass is 213 g/mol. The van der Waals surface area contributed by atoms with Crippen LogP contribution in [-0.4, -0.2) is 60.1 Å². The largest absolute Gasteiger partial charge is 0.264 e. The first-order chi connectivity index (χ1) is 5.37. The predicted molar refractivity (Wildman–Crippen MR) is 65.0 cm³/mol. The summed E-state index contributed by atoms with van der Waals surface area (Å²) in [6.07, 6.45) is 4.58. The van der Waals surface area contributed by atoms with Crippen LogP contribution in [0.4, 0.5) is 0 Å². The summed E-state index contributed by atoms with van der Waals surface area (Å²) in [5.74, 6) is 0. The Kier molecular flexibility index (Phi) is 5.60. The molecule has 3 nitrogen and oxygen atoms in total. The van der Waals surface area contributed by atoms with Gasteiger partial charge in [-0.2, -0.15) is 0 Å². The van der Waals surface area contributed by atoms with E-state index in [4.69, 9.17) is 0 Å². The first-order valence-corrected chi connectivity index (χ1v) is 7.32. The van der Waals surface area contributed by atoms with Crippen molar-refractivity contribution in [3.05, 3.63) is 0 Å². The van der Waals surface area contributed by atoms with Crippen molar-refractivity contribution in [2.24, 2.45) is 0 Å². The molecular formula is C7H23N3S2. The second kappa shape index (κ2) is 5.34. The average Bonchev–Trinajstić information content (AvgIpc) is 2.00. The highest BCUT2D eigenvalue weighted by Crippen LogP contribution is 2.41.